The third-order valence-corrected chi connectivity index (χ3v) is 8.75. The van der Waals surface area contributed by atoms with E-state index in [9.17, 15) is 4.79 Å². The van der Waals surface area contributed by atoms with Crippen molar-refractivity contribution in [1.82, 2.24) is 10.3 Å². The molecule has 6 nitrogen and oxygen atoms in total. The van der Waals surface area contributed by atoms with Crippen molar-refractivity contribution in [2.24, 2.45) is 0 Å². The molecule has 0 unspecified atom stereocenters. The smallest absolute Gasteiger partial charge is 0.449 e. The maximum Gasteiger partial charge on any atom is 0.492 e. The molecule has 2 heterocycles. The van der Waals surface area contributed by atoms with Crippen molar-refractivity contribution in [1.29, 1.82) is 0 Å². The highest BCUT2D eigenvalue weighted by Gasteiger charge is 2.52. The van der Waals surface area contributed by atoms with Crippen molar-refractivity contribution in [3.63, 3.8) is 0 Å². The summed E-state index contributed by atoms with van der Waals surface area (Å²) in [6.07, 6.45) is 3.36. The van der Waals surface area contributed by atoms with Gasteiger partial charge in [-0.05, 0) is 79.5 Å². The molecule has 1 aromatic heterocycles. The minimum absolute atomic E-state index is 0.000918. The van der Waals surface area contributed by atoms with E-state index in [1.165, 1.54) is 22.3 Å². The van der Waals surface area contributed by atoms with Gasteiger partial charge in [0.2, 0.25) is 0 Å². The van der Waals surface area contributed by atoms with Crippen LogP contribution in [0.25, 0.3) is 28.1 Å². The van der Waals surface area contributed by atoms with Crippen molar-refractivity contribution in [2.75, 3.05) is 13.2 Å². The first kappa shape index (κ1) is 27.2. The molecule has 1 aliphatic heterocycles. The molecule has 1 aliphatic carbocycles. The highest BCUT2D eigenvalue weighted by atomic mass is 16.7. The van der Waals surface area contributed by atoms with E-state index >= 15 is 0 Å². The molecule has 0 radical (unpaired) electrons. The fourth-order valence-electron chi connectivity index (χ4n) is 5.68. The first-order valence-corrected chi connectivity index (χ1v) is 14.1. The van der Waals surface area contributed by atoms with Crippen LogP contribution in [0.4, 0.5) is 4.79 Å². The third kappa shape index (κ3) is 5.05. The Kier molecular flexibility index (Phi) is 6.96. The maximum atomic E-state index is 13.0. The first-order valence-electron chi connectivity index (χ1n) is 14.1. The Labute approximate surface area is 241 Å². The van der Waals surface area contributed by atoms with Gasteiger partial charge in [0, 0.05) is 24.0 Å². The second-order valence-corrected chi connectivity index (χ2v) is 11.8. The fourth-order valence-corrected chi connectivity index (χ4v) is 5.68. The molecule has 208 valence electrons. The fraction of sp³-hybridized carbons (Fsp3) is 0.294. The normalized spacial score (nSPS) is 17.4. The molecule has 1 fully saturated rings. The average Bonchev–Trinajstić information content (AvgIpc) is 3.39. The summed E-state index contributed by atoms with van der Waals surface area (Å²) in [7, 11) is -0.618. The molecule has 3 aromatic carbocycles. The largest absolute Gasteiger partial charge is 0.492 e. The van der Waals surface area contributed by atoms with E-state index in [2.05, 4.69) is 59.7 Å². The summed E-state index contributed by atoms with van der Waals surface area (Å²) in [6.45, 7) is 10.6. The van der Waals surface area contributed by atoms with Gasteiger partial charge in [0.1, 0.15) is 6.61 Å². The van der Waals surface area contributed by atoms with Gasteiger partial charge in [0.25, 0.3) is 0 Å². The van der Waals surface area contributed by atoms with Crippen LogP contribution in [0.2, 0.25) is 0 Å². The molecule has 1 saturated heterocycles. The minimum atomic E-state index is -0.618. The van der Waals surface area contributed by atoms with Crippen LogP contribution in [-0.2, 0) is 14.0 Å². The number of pyridine rings is 1. The van der Waals surface area contributed by atoms with Crippen LogP contribution >= 0.6 is 0 Å². The molecule has 2 aliphatic rings. The second-order valence-electron chi connectivity index (χ2n) is 11.8. The van der Waals surface area contributed by atoms with Gasteiger partial charge in [0.15, 0.2) is 0 Å². The Morgan fingerprint density at radius 2 is 1.56 bits per heavy atom. The number of nitrogens with one attached hydrogen (secondary N) is 1. The van der Waals surface area contributed by atoms with Crippen LogP contribution in [0.3, 0.4) is 0 Å². The van der Waals surface area contributed by atoms with Crippen molar-refractivity contribution < 1.29 is 18.8 Å². The highest BCUT2D eigenvalue weighted by molar-refractivity contribution is 6.56. The van der Waals surface area contributed by atoms with E-state index in [4.69, 9.17) is 14.0 Å². The summed E-state index contributed by atoms with van der Waals surface area (Å²) in [6, 6.07) is 24.7. The number of aromatic nitrogens is 1. The molecule has 0 spiro atoms. The van der Waals surface area contributed by atoms with Gasteiger partial charge in [0.05, 0.1) is 16.7 Å². The average molecular weight is 546 g/mol. The number of nitrogens with zero attached hydrogens (tertiary/aromatic N) is 1. The number of alkyl carbamates (subject to hydrolysis) is 1. The van der Waals surface area contributed by atoms with Gasteiger partial charge in [-0.2, -0.15) is 0 Å². The molecule has 41 heavy (non-hydrogen) atoms. The number of carbonyl (C=O) groups is 1. The zero-order valence-electron chi connectivity index (χ0n) is 24.2. The Balaban J connectivity index is 1.21. The predicted octanol–water partition coefficient (Wildman–Crippen LogP) is 7.10. The van der Waals surface area contributed by atoms with Crippen molar-refractivity contribution >= 4 is 30.2 Å². The molecule has 0 atom stereocenters. The topological polar surface area (TPSA) is 69.7 Å². The summed E-state index contributed by atoms with van der Waals surface area (Å²) >= 11 is 0. The molecule has 1 N–H and O–H groups in total. The Hall–Kier alpha value is -3.94. The number of fused-ring (bicyclic) bond motifs is 4. The van der Waals surface area contributed by atoms with Crippen LogP contribution in [-0.4, -0.2) is 42.5 Å². The number of hydrogen-bond acceptors (Lipinski definition) is 5. The second kappa shape index (κ2) is 10.5. The molecule has 6 rings (SSSR count). The molecule has 7 heteroatoms. The van der Waals surface area contributed by atoms with Crippen LogP contribution in [0, 0.1) is 6.92 Å². The SMILES string of the molecule is Cc1c(C=C(CNC(=O)OCC2c3ccccc3-c3ccccc32)B2OC(C)(C)C(C)(C)O2)ccc2cccnc12. The molecule has 1 amide bonds. The molecule has 0 saturated carbocycles. The number of benzene rings is 3. The lowest BCUT2D eigenvalue weighted by atomic mass is 9.76. The number of amides is 1. The van der Waals surface area contributed by atoms with Crippen molar-refractivity contribution in [2.45, 2.75) is 51.7 Å². The lowest BCUT2D eigenvalue weighted by Crippen LogP contribution is -2.41. The number of hydrogen-bond donors (Lipinski definition) is 1. The molecule has 0 bridgehead atoms. The molecular formula is C34H35BN2O4. The first-order chi connectivity index (χ1) is 19.6. The zero-order chi connectivity index (χ0) is 28.8. The van der Waals surface area contributed by atoms with E-state index in [-0.39, 0.29) is 19.1 Å². The van der Waals surface area contributed by atoms with Crippen LogP contribution < -0.4 is 5.32 Å². The summed E-state index contributed by atoms with van der Waals surface area (Å²) < 4.78 is 18.6. The Morgan fingerprint density at radius 1 is 0.927 bits per heavy atom. The minimum Gasteiger partial charge on any atom is -0.449 e. The number of aryl methyl sites for hydroxylation is 1. The number of ether oxygens (including phenoxy) is 1. The monoisotopic (exact) mass is 546 g/mol. The standard InChI is InChI=1S/C34H35BN2O4/c1-22-24(17-16-23-11-10-18-36-31(22)23)19-25(35-40-33(2,3)34(4,5)41-35)20-37-32(38)39-21-30-28-14-8-6-12-26(28)27-13-7-9-15-29(27)30/h6-19,30H,20-21H2,1-5H3,(H,37,38). The van der Waals surface area contributed by atoms with E-state index in [1.54, 1.807) is 6.20 Å². The maximum absolute atomic E-state index is 13.0. The summed E-state index contributed by atoms with van der Waals surface area (Å²) in [5, 5.41) is 4.04. The van der Waals surface area contributed by atoms with Crippen molar-refractivity contribution in [3.05, 3.63) is 107 Å². The highest BCUT2D eigenvalue weighted by Crippen LogP contribution is 2.44. The third-order valence-electron chi connectivity index (χ3n) is 8.75. The van der Waals surface area contributed by atoms with E-state index in [0.29, 0.717) is 0 Å². The van der Waals surface area contributed by atoms with Crippen molar-refractivity contribution in [3.8, 4) is 11.1 Å². The van der Waals surface area contributed by atoms with Gasteiger partial charge in [-0.15, -0.1) is 0 Å². The Bertz CT molecular complexity index is 1600. The predicted molar refractivity (Wildman–Crippen MR) is 164 cm³/mol. The van der Waals surface area contributed by atoms with Gasteiger partial charge >= 0.3 is 13.2 Å². The van der Waals surface area contributed by atoms with Crippen LogP contribution in [0.1, 0.15) is 55.9 Å². The zero-order valence-corrected chi connectivity index (χ0v) is 24.2. The van der Waals surface area contributed by atoms with Gasteiger partial charge in [-0.25, -0.2) is 4.79 Å². The van der Waals surface area contributed by atoms with Gasteiger partial charge in [-0.1, -0.05) is 72.8 Å². The lowest BCUT2D eigenvalue weighted by Gasteiger charge is -2.32. The number of rotatable bonds is 6. The molecule has 4 aromatic rings. The van der Waals surface area contributed by atoms with E-state index in [0.717, 1.165) is 27.5 Å². The molecular weight excluding hydrogens is 511 g/mol. The number of carbonyl (C=O) groups excluding carboxylic acids is 1. The van der Waals surface area contributed by atoms with Crippen LogP contribution in [0.5, 0.6) is 0 Å². The van der Waals surface area contributed by atoms with Gasteiger partial charge < -0.3 is 19.4 Å². The quantitative estimate of drug-likeness (QED) is 0.262. The summed E-state index contributed by atoms with van der Waals surface area (Å²) in [4.78, 5) is 17.6. The summed E-state index contributed by atoms with van der Waals surface area (Å²) in [5.74, 6) is -0.000918. The summed E-state index contributed by atoms with van der Waals surface area (Å²) in [5.41, 5.74) is 7.52. The van der Waals surface area contributed by atoms with E-state index < -0.39 is 24.4 Å². The Morgan fingerprint density at radius 3 is 2.22 bits per heavy atom. The lowest BCUT2D eigenvalue weighted by molar-refractivity contribution is 0.00578. The van der Waals surface area contributed by atoms with E-state index in [1.807, 2.05) is 64.1 Å². The van der Waals surface area contributed by atoms with Gasteiger partial charge in [-0.3, -0.25) is 4.98 Å². The van der Waals surface area contributed by atoms with Crippen LogP contribution in [0.15, 0.2) is 84.5 Å².